The molecule has 0 bridgehead atoms. The summed E-state index contributed by atoms with van der Waals surface area (Å²) in [5.74, 6) is -1.01. The Labute approximate surface area is 115 Å². The van der Waals surface area contributed by atoms with E-state index in [9.17, 15) is 22.7 Å². The lowest BCUT2D eigenvalue weighted by Crippen LogP contribution is -2.37. The van der Waals surface area contributed by atoms with Crippen LogP contribution in [0.3, 0.4) is 0 Å². The van der Waals surface area contributed by atoms with Gasteiger partial charge in [0.2, 0.25) is 0 Å². The Bertz CT molecular complexity index is 455. The molecule has 0 aromatic heterocycles. The maximum Gasteiger partial charge on any atom is 0.419 e. The third kappa shape index (κ3) is 4.45. The first-order valence-corrected chi connectivity index (χ1v) is 6.34. The zero-order valence-corrected chi connectivity index (χ0v) is 11.7. The second-order valence-electron chi connectivity index (χ2n) is 5.49. The molecule has 1 rings (SSSR count). The van der Waals surface area contributed by atoms with Crippen LogP contribution < -0.4 is 5.32 Å². The van der Waals surface area contributed by atoms with Gasteiger partial charge in [-0.15, -0.1) is 0 Å². The highest BCUT2D eigenvalue weighted by Gasteiger charge is 2.35. The number of hydrogen-bond donors (Lipinski definition) is 2. The van der Waals surface area contributed by atoms with Crippen molar-refractivity contribution in [2.24, 2.45) is 5.92 Å². The molecule has 0 aliphatic heterocycles. The predicted molar refractivity (Wildman–Crippen MR) is 68.7 cm³/mol. The molecule has 0 saturated carbocycles. The number of hydrogen-bond acceptors (Lipinski definition) is 2. The molecule has 0 radical (unpaired) electrons. The third-order valence-electron chi connectivity index (χ3n) is 2.92. The van der Waals surface area contributed by atoms with E-state index in [2.05, 4.69) is 5.32 Å². The highest BCUT2D eigenvalue weighted by molar-refractivity contribution is 5.30. The average molecular weight is 293 g/mol. The lowest BCUT2D eigenvalue weighted by Gasteiger charge is -2.25. The molecule has 0 aliphatic carbocycles. The number of nitrogens with one attached hydrogen (secondary N) is 1. The molecule has 6 heteroatoms. The van der Waals surface area contributed by atoms with Crippen molar-refractivity contribution in [1.82, 2.24) is 5.32 Å². The molecular formula is C14H19F4NO. The Morgan fingerprint density at radius 2 is 1.85 bits per heavy atom. The minimum absolute atomic E-state index is 0.110. The van der Waals surface area contributed by atoms with Crippen molar-refractivity contribution in [1.29, 1.82) is 0 Å². The van der Waals surface area contributed by atoms with E-state index < -0.39 is 23.2 Å². The van der Waals surface area contributed by atoms with Crippen molar-refractivity contribution in [3.63, 3.8) is 0 Å². The molecule has 0 heterocycles. The van der Waals surface area contributed by atoms with Crippen molar-refractivity contribution >= 4 is 0 Å². The summed E-state index contributed by atoms with van der Waals surface area (Å²) in [6, 6.07) is 2.49. The molecule has 0 fully saturated rings. The normalized spacial score (nSPS) is 15.4. The van der Waals surface area contributed by atoms with Gasteiger partial charge in [0, 0.05) is 6.54 Å². The van der Waals surface area contributed by atoms with Gasteiger partial charge in [-0.25, -0.2) is 4.39 Å². The Hall–Kier alpha value is -1.14. The Kier molecular flexibility index (Phi) is 5.15. The van der Waals surface area contributed by atoms with Crippen molar-refractivity contribution in [3.8, 4) is 0 Å². The number of rotatable bonds is 5. The van der Waals surface area contributed by atoms with E-state index >= 15 is 0 Å². The fourth-order valence-corrected chi connectivity index (χ4v) is 1.79. The summed E-state index contributed by atoms with van der Waals surface area (Å²) in [5, 5.41) is 13.2. The van der Waals surface area contributed by atoms with Crippen LogP contribution in [0.5, 0.6) is 0 Å². The van der Waals surface area contributed by atoms with Crippen LogP contribution in [0, 0.1) is 11.7 Å². The number of aliphatic hydroxyl groups is 1. The summed E-state index contributed by atoms with van der Waals surface area (Å²) in [7, 11) is 0. The predicted octanol–water partition coefficient (Wildman–Crippen LogP) is 3.30. The summed E-state index contributed by atoms with van der Waals surface area (Å²) in [5.41, 5.74) is -2.65. The van der Waals surface area contributed by atoms with Crippen LogP contribution in [0.25, 0.3) is 0 Å². The first-order valence-electron chi connectivity index (χ1n) is 6.34. The van der Waals surface area contributed by atoms with E-state index in [4.69, 9.17) is 0 Å². The van der Waals surface area contributed by atoms with Gasteiger partial charge in [0.1, 0.15) is 5.82 Å². The van der Waals surface area contributed by atoms with E-state index in [1.165, 1.54) is 6.92 Å². The van der Waals surface area contributed by atoms with Crippen LogP contribution in [-0.4, -0.2) is 18.2 Å². The van der Waals surface area contributed by atoms with Crippen molar-refractivity contribution in [2.45, 2.75) is 32.5 Å². The van der Waals surface area contributed by atoms with Crippen molar-refractivity contribution in [3.05, 3.63) is 35.1 Å². The first kappa shape index (κ1) is 16.9. The monoisotopic (exact) mass is 293 g/mol. The molecule has 2 N–H and O–H groups in total. The smallest absolute Gasteiger partial charge is 0.384 e. The standard InChI is InChI=1S/C14H19F4NO/c1-9(2)7-19-8-13(3,20)10-4-5-11(12(15)6-10)14(16,17)18/h4-6,9,19-20H,7-8H2,1-3H3. The molecule has 0 spiro atoms. The Morgan fingerprint density at radius 3 is 2.30 bits per heavy atom. The molecule has 0 saturated heterocycles. The molecule has 2 nitrogen and oxygen atoms in total. The van der Waals surface area contributed by atoms with Crippen LogP contribution in [0.1, 0.15) is 31.9 Å². The maximum atomic E-state index is 13.5. The zero-order valence-electron chi connectivity index (χ0n) is 11.7. The van der Waals surface area contributed by atoms with Gasteiger partial charge in [-0.05, 0) is 37.1 Å². The summed E-state index contributed by atoms with van der Waals surface area (Å²) in [6.45, 7) is 6.19. The number of halogens is 4. The van der Waals surface area contributed by atoms with Gasteiger partial charge >= 0.3 is 6.18 Å². The van der Waals surface area contributed by atoms with Gasteiger partial charge in [0.15, 0.2) is 0 Å². The second kappa shape index (κ2) is 6.10. The molecule has 114 valence electrons. The maximum absolute atomic E-state index is 13.5. The molecule has 0 amide bonds. The van der Waals surface area contributed by atoms with E-state index in [0.29, 0.717) is 18.5 Å². The van der Waals surface area contributed by atoms with Gasteiger partial charge in [-0.2, -0.15) is 13.2 Å². The summed E-state index contributed by atoms with van der Waals surface area (Å²) in [4.78, 5) is 0. The fourth-order valence-electron chi connectivity index (χ4n) is 1.79. The van der Waals surface area contributed by atoms with Gasteiger partial charge in [0.25, 0.3) is 0 Å². The molecular weight excluding hydrogens is 274 g/mol. The van der Waals surface area contributed by atoms with Crippen LogP contribution >= 0.6 is 0 Å². The summed E-state index contributed by atoms with van der Waals surface area (Å²) < 4.78 is 50.8. The molecule has 0 aliphatic rings. The van der Waals surface area contributed by atoms with Crippen molar-refractivity contribution < 1.29 is 22.7 Å². The van der Waals surface area contributed by atoms with Crippen LogP contribution in [0.15, 0.2) is 18.2 Å². The number of benzene rings is 1. The van der Waals surface area contributed by atoms with Gasteiger partial charge in [0.05, 0.1) is 11.2 Å². The lowest BCUT2D eigenvalue weighted by molar-refractivity contribution is -0.140. The molecule has 1 atom stereocenters. The van der Waals surface area contributed by atoms with Crippen LogP contribution in [0.4, 0.5) is 17.6 Å². The highest BCUT2D eigenvalue weighted by Crippen LogP contribution is 2.33. The lowest BCUT2D eigenvalue weighted by atomic mass is 9.94. The summed E-state index contributed by atoms with van der Waals surface area (Å²) in [6.07, 6.45) is -4.73. The van der Waals surface area contributed by atoms with E-state index in [-0.39, 0.29) is 12.1 Å². The van der Waals surface area contributed by atoms with Crippen LogP contribution in [-0.2, 0) is 11.8 Å². The SMILES string of the molecule is CC(C)CNCC(C)(O)c1ccc(C(F)(F)F)c(F)c1. The minimum Gasteiger partial charge on any atom is -0.384 e. The Balaban J connectivity index is 2.88. The summed E-state index contributed by atoms with van der Waals surface area (Å²) >= 11 is 0. The van der Waals surface area contributed by atoms with E-state index in [1.54, 1.807) is 0 Å². The van der Waals surface area contributed by atoms with Crippen molar-refractivity contribution in [2.75, 3.05) is 13.1 Å². The topological polar surface area (TPSA) is 32.3 Å². The number of alkyl halides is 3. The van der Waals surface area contributed by atoms with Gasteiger partial charge < -0.3 is 10.4 Å². The van der Waals surface area contributed by atoms with E-state index in [0.717, 1.165) is 12.1 Å². The van der Waals surface area contributed by atoms with Gasteiger partial charge in [-0.1, -0.05) is 19.9 Å². The fraction of sp³-hybridized carbons (Fsp3) is 0.571. The molecule has 1 aromatic carbocycles. The third-order valence-corrected chi connectivity index (χ3v) is 2.92. The first-order chi connectivity index (χ1) is 9.04. The zero-order chi connectivity index (χ0) is 15.6. The average Bonchev–Trinajstić information content (AvgIpc) is 2.26. The minimum atomic E-state index is -4.73. The molecule has 1 aromatic rings. The Morgan fingerprint density at radius 1 is 1.25 bits per heavy atom. The van der Waals surface area contributed by atoms with Gasteiger partial charge in [-0.3, -0.25) is 0 Å². The quantitative estimate of drug-likeness (QED) is 0.816. The largest absolute Gasteiger partial charge is 0.419 e. The van der Waals surface area contributed by atoms with Crippen LogP contribution in [0.2, 0.25) is 0 Å². The molecule has 20 heavy (non-hydrogen) atoms. The highest BCUT2D eigenvalue weighted by atomic mass is 19.4. The molecule has 1 unspecified atom stereocenters. The van der Waals surface area contributed by atoms with E-state index in [1.807, 2.05) is 13.8 Å². The second-order valence-corrected chi connectivity index (χ2v) is 5.49.